The third-order valence-corrected chi connectivity index (χ3v) is 5.64. The first-order valence-electron chi connectivity index (χ1n) is 11.8. The molecule has 0 atom stereocenters. The van der Waals surface area contributed by atoms with Gasteiger partial charge >= 0.3 is 6.09 Å². The van der Waals surface area contributed by atoms with Gasteiger partial charge in [0.25, 0.3) is 0 Å². The average Bonchev–Trinajstić information content (AvgIpc) is 2.79. The van der Waals surface area contributed by atoms with Crippen LogP contribution in [0.3, 0.4) is 0 Å². The molecule has 0 bridgehead atoms. The largest absolute Gasteiger partial charge is 0.444 e. The van der Waals surface area contributed by atoms with E-state index in [4.69, 9.17) is 9.72 Å². The number of piperidine rings is 1. The Morgan fingerprint density at radius 2 is 1.79 bits per heavy atom. The predicted octanol–water partition coefficient (Wildman–Crippen LogP) is 5.69. The fourth-order valence-corrected chi connectivity index (χ4v) is 4.02. The Balaban J connectivity index is 1.40. The third kappa shape index (κ3) is 6.47. The molecule has 2 aromatic heterocycles. The van der Waals surface area contributed by atoms with Gasteiger partial charge in [0.2, 0.25) is 0 Å². The van der Waals surface area contributed by atoms with Crippen LogP contribution in [0.5, 0.6) is 0 Å². The molecule has 1 aliphatic rings. The number of alkyl carbamates (subject to hydrolysis) is 1. The summed E-state index contributed by atoms with van der Waals surface area (Å²) < 4.78 is 5.39. The van der Waals surface area contributed by atoms with Crippen molar-refractivity contribution >= 4 is 23.4 Å². The Kier molecular flexibility index (Phi) is 7.01. The molecule has 7 nitrogen and oxygen atoms in total. The van der Waals surface area contributed by atoms with Crippen LogP contribution in [0.25, 0.3) is 11.3 Å². The van der Waals surface area contributed by atoms with Crippen molar-refractivity contribution in [3.8, 4) is 11.3 Å². The fraction of sp³-hybridized carbons (Fsp3) is 0.370. The molecule has 0 saturated carbocycles. The molecule has 0 radical (unpaired) electrons. The van der Waals surface area contributed by atoms with Crippen LogP contribution in [-0.2, 0) is 4.74 Å². The minimum absolute atomic E-state index is 0.133. The maximum absolute atomic E-state index is 12.1. The summed E-state index contributed by atoms with van der Waals surface area (Å²) in [5.74, 6) is 1.54. The van der Waals surface area contributed by atoms with E-state index in [1.807, 2.05) is 58.0 Å². The van der Waals surface area contributed by atoms with E-state index < -0.39 is 5.60 Å². The number of aryl methyl sites for hydroxylation is 1. The van der Waals surface area contributed by atoms with E-state index in [2.05, 4.69) is 44.8 Å². The lowest BCUT2D eigenvalue weighted by Gasteiger charge is -2.34. The normalized spacial score (nSPS) is 14.5. The average molecular weight is 460 g/mol. The molecule has 3 heterocycles. The highest BCUT2D eigenvalue weighted by Gasteiger charge is 2.24. The van der Waals surface area contributed by atoms with Gasteiger partial charge in [0.1, 0.15) is 17.2 Å². The van der Waals surface area contributed by atoms with Crippen LogP contribution >= 0.6 is 0 Å². The van der Waals surface area contributed by atoms with Gasteiger partial charge in [0.15, 0.2) is 0 Å². The maximum atomic E-state index is 12.1. The predicted molar refractivity (Wildman–Crippen MR) is 137 cm³/mol. The number of amides is 1. The number of hydrogen-bond acceptors (Lipinski definition) is 6. The molecule has 1 saturated heterocycles. The zero-order valence-corrected chi connectivity index (χ0v) is 20.3. The minimum atomic E-state index is -0.483. The van der Waals surface area contributed by atoms with Gasteiger partial charge in [-0.05, 0) is 82.5 Å². The Morgan fingerprint density at radius 1 is 1.03 bits per heavy atom. The number of ether oxygens (including phenoxy) is 1. The highest BCUT2D eigenvalue weighted by molar-refractivity contribution is 5.69. The summed E-state index contributed by atoms with van der Waals surface area (Å²) in [7, 11) is 0. The molecule has 34 heavy (non-hydrogen) atoms. The van der Waals surface area contributed by atoms with Crippen LogP contribution in [0, 0.1) is 6.92 Å². The highest BCUT2D eigenvalue weighted by atomic mass is 16.6. The van der Waals surface area contributed by atoms with Crippen LogP contribution in [-0.4, -0.2) is 40.8 Å². The zero-order valence-electron chi connectivity index (χ0n) is 20.3. The molecule has 1 aromatic carbocycles. The van der Waals surface area contributed by atoms with Crippen molar-refractivity contribution < 1.29 is 9.53 Å². The summed E-state index contributed by atoms with van der Waals surface area (Å²) in [5.41, 5.74) is 3.79. The number of nitrogens with zero attached hydrogens (tertiary/aromatic N) is 3. The van der Waals surface area contributed by atoms with Crippen molar-refractivity contribution in [2.24, 2.45) is 0 Å². The summed E-state index contributed by atoms with van der Waals surface area (Å²) >= 11 is 0. The standard InChI is InChI=1S/C27H33N5O2/c1-19-11-14-28-25(17-19)31-24-10-6-9-23(30-24)20-7-5-8-22(18-20)32-15-12-21(13-16-32)29-26(33)34-27(2,3)4/h5-11,14,17-18,21H,12-13,15-16H2,1-4H3,(H,29,33)(H,28,30,31). The molecule has 1 amide bonds. The Bertz CT molecular complexity index is 1130. The van der Waals surface area contributed by atoms with Crippen LogP contribution in [0.4, 0.5) is 22.1 Å². The van der Waals surface area contributed by atoms with E-state index >= 15 is 0 Å². The van der Waals surface area contributed by atoms with E-state index in [0.717, 1.165) is 60.1 Å². The summed E-state index contributed by atoms with van der Waals surface area (Å²) in [6, 6.07) is 18.5. The van der Waals surface area contributed by atoms with Gasteiger partial charge in [-0.25, -0.2) is 14.8 Å². The molecule has 4 rings (SSSR count). The molecule has 0 unspecified atom stereocenters. The lowest BCUT2D eigenvalue weighted by atomic mass is 10.0. The Labute approximate surface area is 201 Å². The molecule has 3 aromatic rings. The van der Waals surface area contributed by atoms with Crippen LogP contribution < -0.4 is 15.5 Å². The second-order valence-electron chi connectivity index (χ2n) is 9.71. The smallest absolute Gasteiger partial charge is 0.407 e. The van der Waals surface area contributed by atoms with Crippen LogP contribution in [0.1, 0.15) is 39.2 Å². The van der Waals surface area contributed by atoms with Crippen molar-refractivity contribution in [1.29, 1.82) is 0 Å². The van der Waals surface area contributed by atoms with E-state index in [1.54, 1.807) is 6.20 Å². The van der Waals surface area contributed by atoms with Gasteiger partial charge in [-0.1, -0.05) is 18.2 Å². The first-order chi connectivity index (χ1) is 16.2. The molecular formula is C27H33N5O2. The molecular weight excluding hydrogens is 426 g/mol. The summed E-state index contributed by atoms with van der Waals surface area (Å²) in [4.78, 5) is 23.6. The number of hydrogen-bond donors (Lipinski definition) is 2. The van der Waals surface area contributed by atoms with Crippen molar-refractivity contribution in [1.82, 2.24) is 15.3 Å². The molecule has 0 spiro atoms. The van der Waals surface area contributed by atoms with Gasteiger partial charge in [-0.3, -0.25) is 0 Å². The van der Waals surface area contributed by atoms with Crippen LogP contribution in [0.15, 0.2) is 60.8 Å². The molecule has 7 heteroatoms. The van der Waals surface area contributed by atoms with Gasteiger partial charge < -0.3 is 20.3 Å². The second-order valence-corrected chi connectivity index (χ2v) is 9.71. The minimum Gasteiger partial charge on any atom is -0.444 e. The SMILES string of the molecule is Cc1ccnc(Nc2cccc(-c3cccc(N4CCC(NC(=O)OC(C)(C)C)CC4)c3)n2)c1. The molecule has 0 aliphatic carbocycles. The van der Waals surface area contributed by atoms with E-state index in [-0.39, 0.29) is 12.1 Å². The summed E-state index contributed by atoms with van der Waals surface area (Å²) in [5, 5.41) is 6.29. The van der Waals surface area contributed by atoms with Gasteiger partial charge in [0, 0.05) is 36.6 Å². The van der Waals surface area contributed by atoms with Crippen molar-refractivity contribution in [3.63, 3.8) is 0 Å². The van der Waals surface area contributed by atoms with Crippen molar-refractivity contribution in [2.45, 2.75) is 52.2 Å². The number of benzene rings is 1. The number of anilines is 3. The molecule has 2 N–H and O–H groups in total. The maximum Gasteiger partial charge on any atom is 0.407 e. The number of pyridine rings is 2. The monoisotopic (exact) mass is 459 g/mol. The number of rotatable bonds is 5. The van der Waals surface area contributed by atoms with Crippen LogP contribution in [0.2, 0.25) is 0 Å². The molecule has 1 fully saturated rings. The first-order valence-corrected chi connectivity index (χ1v) is 11.8. The Hall–Kier alpha value is -3.61. The highest BCUT2D eigenvalue weighted by Crippen LogP contribution is 2.27. The van der Waals surface area contributed by atoms with E-state index in [0.29, 0.717) is 0 Å². The van der Waals surface area contributed by atoms with Gasteiger partial charge in [-0.15, -0.1) is 0 Å². The zero-order chi connectivity index (χ0) is 24.1. The first kappa shape index (κ1) is 23.5. The topological polar surface area (TPSA) is 79.4 Å². The quantitative estimate of drug-likeness (QED) is 0.510. The fourth-order valence-electron chi connectivity index (χ4n) is 4.02. The van der Waals surface area contributed by atoms with Crippen molar-refractivity contribution in [2.75, 3.05) is 23.3 Å². The molecule has 178 valence electrons. The second kappa shape index (κ2) is 10.1. The summed E-state index contributed by atoms with van der Waals surface area (Å²) in [6.45, 7) is 9.42. The Morgan fingerprint density at radius 3 is 2.53 bits per heavy atom. The van der Waals surface area contributed by atoms with Gasteiger partial charge in [0.05, 0.1) is 5.69 Å². The van der Waals surface area contributed by atoms with Crippen molar-refractivity contribution in [3.05, 3.63) is 66.4 Å². The number of carbonyl (C=O) groups excluding carboxylic acids is 1. The number of aromatic nitrogens is 2. The number of nitrogens with one attached hydrogen (secondary N) is 2. The number of carbonyl (C=O) groups is 1. The van der Waals surface area contributed by atoms with E-state index in [9.17, 15) is 4.79 Å². The summed E-state index contributed by atoms with van der Waals surface area (Å²) in [6.07, 6.45) is 3.21. The van der Waals surface area contributed by atoms with Gasteiger partial charge in [-0.2, -0.15) is 0 Å². The molecule has 1 aliphatic heterocycles. The van der Waals surface area contributed by atoms with E-state index in [1.165, 1.54) is 0 Å². The lowest BCUT2D eigenvalue weighted by molar-refractivity contribution is 0.0497. The lowest BCUT2D eigenvalue weighted by Crippen LogP contribution is -2.46. The third-order valence-electron chi connectivity index (χ3n) is 5.64.